The Hall–Kier alpha value is -3.64. The van der Waals surface area contributed by atoms with Gasteiger partial charge in [0.15, 0.2) is 0 Å². The number of nitro groups is 1. The summed E-state index contributed by atoms with van der Waals surface area (Å²) < 4.78 is 59.6. The molecule has 33 heavy (non-hydrogen) atoms. The third-order valence-corrected chi connectivity index (χ3v) is 8.20. The van der Waals surface area contributed by atoms with Gasteiger partial charge in [0.05, 0.1) is 27.5 Å². The van der Waals surface area contributed by atoms with Gasteiger partial charge in [-0.2, -0.15) is 0 Å². The summed E-state index contributed by atoms with van der Waals surface area (Å²) >= 11 is 0. The predicted octanol–water partition coefficient (Wildman–Crippen LogP) is 3.56. The van der Waals surface area contributed by atoms with Crippen molar-refractivity contribution >= 4 is 31.2 Å². The average Bonchev–Trinajstić information content (AvgIpc) is 2.76. The van der Waals surface area contributed by atoms with Crippen molar-refractivity contribution in [2.24, 2.45) is 0 Å². The molecule has 0 heterocycles. The van der Waals surface area contributed by atoms with Crippen molar-refractivity contribution in [2.75, 3.05) is 11.8 Å². The lowest BCUT2D eigenvalue weighted by Gasteiger charge is -2.18. The minimum atomic E-state index is -4.31. The lowest BCUT2D eigenvalue weighted by atomic mass is 10.1. The van der Waals surface area contributed by atoms with Crippen LogP contribution >= 0.6 is 0 Å². The Morgan fingerprint density at radius 1 is 0.970 bits per heavy atom. The number of hydrogen-bond acceptors (Lipinski definition) is 8. The Labute approximate surface area is 190 Å². The van der Waals surface area contributed by atoms with Crippen molar-refractivity contribution in [1.82, 2.24) is 0 Å². The first-order valence-electron chi connectivity index (χ1n) is 9.38. The van der Waals surface area contributed by atoms with Crippen LogP contribution in [0, 0.1) is 24.0 Å². The third-order valence-electron chi connectivity index (χ3n) is 4.91. The molecule has 0 unspecified atom stereocenters. The van der Waals surface area contributed by atoms with Crippen molar-refractivity contribution < 1.29 is 31.6 Å². The van der Waals surface area contributed by atoms with Gasteiger partial charge in [0, 0.05) is 12.1 Å². The SMILES string of the molecule is COc1ccc(S(=O)(=O)c2c(O)cc(C)c(NS(=O)(=O)c3cccc([N+](=O)[O-])c3)c2C)cc1. The van der Waals surface area contributed by atoms with Gasteiger partial charge in [0.2, 0.25) is 9.84 Å². The van der Waals surface area contributed by atoms with Gasteiger partial charge in [-0.1, -0.05) is 6.07 Å². The molecule has 0 aliphatic carbocycles. The molecule has 174 valence electrons. The maximum absolute atomic E-state index is 13.2. The van der Waals surface area contributed by atoms with Crippen LogP contribution in [0.3, 0.4) is 0 Å². The molecule has 0 fully saturated rings. The highest BCUT2D eigenvalue weighted by Gasteiger charge is 2.28. The topological polar surface area (TPSA) is 153 Å². The number of methoxy groups -OCH3 is 1. The van der Waals surface area contributed by atoms with E-state index in [0.717, 1.165) is 18.2 Å². The second-order valence-electron chi connectivity index (χ2n) is 7.08. The number of non-ortho nitro benzene ring substituents is 1. The quantitative estimate of drug-likeness (QED) is 0.288. The van der Waals surface area contributed by atoms with Crippen molar-refractivity contribution in [3.05, 3.63) is 75.8 Å². The maximum atomic E-state index is 13.2. The molecule has 2 N–H and O–H groups in total. The van der Waals surface area contributed by atoms with E-state index in [-0.39, 0.29) is 26.6 Å². The Bertz CT molecular complexity index is 1450. The highest BCUT2D eigenvalue weighted by atomic mass is 32.2. The van der Waals surface area contributed by atoms with Crippen LogP contribution in [-0.4, -0.2) is 34.0 Å². The van der Waals surface area contributed by atoms with E-state index in [1.807, 2.05) is 0 Å². The van der Waals surface area contributed by atoms with Crippen LogP contribution in [0.25, 0.3) is 0 Å². The predicted molar refractivity (Wildman–Crippen MR) is 120 cm³/mol. The van der Waals surface area contributed by atoms with Crippen molar-refractivity contribution in [3.8, 4) is 11.5 Å². The molecule has 10 nitrogen and oxygen atoms in total. The largest absolute Gasteiger partial charge is 0.507 e. The van der Waals surface area contributed by atoms with Crippen LogP contribution in [0.4, 0.5) is 11.4 Å². The molecule has 0 saturated carbocycles. The Kier molecular flexibility index (Phi) is 6.34. The molecule has 0 spiro atoms. The normalized spacial score (nSPS) is 11.7. The van der Waals surface area contributed by atoms with Gasteiger partial charge in [-0.05, 0) is 61.4 Å². The zero-order chi connectivity index (χ0) is 24.6. The summed E-state index contributed by atoms with van der Waals surface area (Å²) in [6.07, 6.45) is 0. The molecule has 3 aromatic carbocycles. The number of anilines is 1. The molecule has 0 atom stereocenters. The molecule has 3 rings (SSSR count). The van der Waals surface area contributed by atoms with Gasteiger partial charge in [-0.25, -0.2) is 16.8 Å². The fourth-order valence-electron chi connectivity index (χ4n) is 3.27. The van der Waals surface area contributed by atoms with Gasteiger partial charge in [0.25, 0.3) is 15.7 Å². The van der Waals surface area contributed by atoms with E-state index in [1.165, 1.54) is 57.4 Å². The first-order valence-corrected chi connectivity index (χ1v) is 12.3. The van der Waals surface area contributed by atoms with Crippen LogP contribution in [0.1, 0.15) is 11.1 Å². The molecular formula is C21H20N2O8S2. The third kappa shape index (κ3) is 4.61. The Morgan fingerprint density at radius 3 is 2.18 bits per heavy atom. The molecule has 12 heteroatoms. The van der Waals surface area contributed by atoms with Crippen molar-refractivity contribution in [1.29, 1.82) is 0 Å². The zero-order valence-electron chi connectivity index (χ0n) is 17.8. The lowest BCUT2D eigenvalue weighted by molar-refractivity contribution is -0.385. The van der Waals surface area contributed by atoms with Gasteiger partial charge in [0.1, 0.15) is 16.4 Å². The summed E-state index contributed by atoms with van der Waals surface area (Å²) in [6.45, 7) is 2.84. The first-order chi connectivity index (χ1) is 15.4. The number of rotatable bonds is 7. The number of aryl methyl sites for hydroxylation is 1. The Morgan fingerprint density at radius 2 is 1.61 bits per heavy atom. The van der Waals surface area contributed by atoms with E-state index < -0.39 is 41.1 Å². The summed E-state index contributed by atoms with van der Waals surface area (Å²) in [5.74, 6) is -0.108. The maximum Gasteiger partial charge on any atom is 0.270 e. The smallest absolute Gasteiger partial charge is 0.270 e. The number of aromatic hydroxyl groups is 1. The van der Waals surface area contributed by atoms with E-state index >= 15 is 0 Å². The molecular weight excluding hydrogens is 472 g/mol. The lowest BCUT2D eigenvalue weighted by Crippen LogP contribution is -2.16. The molecule has 3 aromatic rings. The van der Waals surface area contributed by atoms with Gasteiger partial charge in [-0.3, -0.25) is 14.8 Å². The minimum absolute atomic E-state index is 0.0303. The van der Waals surface area contributed by atoms with E-state index in [9.17, 15) is 32.1 Å². The fraction of sp³-hybridized carbons (Fsp3) is 0.143. The van der Waals surface area contributed by atoms with Crippen molar-refractivity contribution in [2.45, 2.75) is 28.5 Å². The number of phenolic OH excluding ortho intramolecular Hbond substituents is 1. The van der Waals surface area contributed by atoms with Gasteiger partial charge < -0.3 is 9.84 Å². The van der Waals surface area contributed by atoms with Crippen LogP contribution in [0.2, 0.25) is 0 Å². The monoisotopic (exact) mass is 492 g/mol. The number of hydrogen-bond donors (Lipinski definition) is 2. The molecule has 0 aliphatic rings. The second kappa shape index (κ2) is 8.71. The standard InChI is InChI=1S/C21H20N2O8S2/c1-13-11-19(24)21(32(27,28)17-9-7-16(31-3)8-10-17)14(2)20(13)22-33(29,30)18-6-4-5-15(12-18)23(25)26/h4-12,22,24H,1-3H3. The minimum Gasteiger partial charge on any atom is -0.507 e. The molecule has 0 aliphatic heterocycles. The average molecular weight is 493 g/mol. The van der Waals surface area contributed by atoms with Crippen LogP contribution in [0.15, 0.2) is 69.3 Å². The summed E-state index contributed by atoms with van der Waals surface area (Å²) in [4.78, 5) is 9.31. The van der Waals surface area contributed by atoms with E-state index in [0.29, 0.717) is 5.75 Å². The summed E-state index contributed by atoms with van der Waals surface area (Å²) in [6, 6.07) is 11.1. The van der Waals surface area contributed by atoms with Crippen LogP contribution in [-0.2, 0) is 19.9 Å². The Balaban J connectivity index is 2.12. The van der Waals surface area contributed by atoms with Crippen LogP contribution < -0.4 is 9.46 Å². The summed E-state index contributed by atoms with van der Waals surface area (Å²) in [7, 11) is -7.11. The van der Waals surface area contributed by atoms with Crippen molar-refractivity contribution in [3.63, 3.8) is 0 Å². The van der Waals surface area contributed by atoms with Crippen LogP contribution in [0.5, 0.6) is 11.5 Å². The number of sulfone groups is 1. The molecule has 0 amide bonds. The molecule has 0 saturated heterocycles. The number of nitro benzene ring substituents is 1. The molecule has 0 radical (unpaired) electrons. The number of phenols is 1. The number of nitrogens with zero attached hydrogens (tertiary/aromatic N) is 1. The fourth-order valence-corrected chi connectivity index (χ4v) is 6.07. The van der Waals surface area contributed by atoms with Gasteiger partial charge in [-0.15, -0.1) is 0 Å². The summed E-state index contributed by atoms with van der Waals surface area (Å²) in [5.41, 5.74) is -0.254. The first kappa shape index (κ1) is 24.0. The molecule has 0 bridgehead atoms. The molecule has 0 aromatic heterocycles. The number of nitrogens with one attached hydrogen (secondary N) is 1. The number of sulfonamides is 1. The van der Waals surface area contributed by atoms with E-state index in [1.54, 1.807) is 0 Å². The number of benzene rings is 3. The zero-order valence-corrected chi connectivity index (χ0v) is 19.4. The highest BCUT2D eigenvalue weighted by Crippen LogP contribution is 2.39. The number of ether oxygens (including phenoxy) is 1. The van der Waals surface area contributed by atoms with E-state index in [2.05, 4.69) is 4.72 Å². The highest BCUT2D eigenvalue weighted by molar-refractivity contribution is 7.93. The summed E-state index contributed by atoms with van der Waals surface area (Å²) in [5, 5.41) is 21.5. The second-order valence-corrected chi connectivity index (χ2v) is 10.6. The van der Waals surface area contributed by atoms with E-state index in [4.69, 9.17) is 4.74 Å². The van der Waals surface area contributed by atoms with Gasteiger partial charge >= 0.3 is 0 Å².